The van der Waals surface area contributed by atoms with Crippen molar-refractivity contribution in [2.24, 2.45) is 0 Å². The molecule has 0 aliphatic heterocycles. The van der Waals surface area contributed by atoms with Gasteiger partial charge < -0.3 is 0 Å². The van der Waals surface area contributed by atoms with E-state index in [9.17, 15) is 0 Å². The first-order valence-corrected chi connectivity index (χ1v) is 13.2. The molecule has 0 N–H and O–H groups in total. The lowest BCUT2D eigenvalue weighted by Crippen LogP contribution is -1.85. The highest BCUT2D eigenvalue weighted by Gasteiger charge is 2.09. The summed E-state index contributed by atoms with van der Waals surface area (Å²) in [6.07, 6.45) is 3.80. The van der Waals surface area contributed by atoms with Crippen molar-refractivity contribution in [1.29, 1.82) is 0 Å². The van der Waals surface area contributed by atoms with Gasteiger partial charge in [0, 0.05) is 33.0 Å². The van der Waals surface area contributed by atoms with Crippen LogP contribution in [-0.4, -0.2) is 9.97 Å². The number of fused-ring (bicyclic) bond motifs is 2. The lowest BCUT2D eigenvalue weighted by molar-refractivity contribution is 1.35. The SMILES string of the molecule is c1ccc(-c2ccc3c(SSc4ccnc5cc(-c6ccccc6)ccc45)ccnc3c2)cc1. The third-order valence-corrected chi connectivity index (χ3v) is 8.32. The summed E-state index contributed by atoms with van der Waals surface area (Å²) in [4.78, 5) is 11.7. The van der Waals surface area contributed by atoms with Gasteiger partial charge in [-0.15, -0.1) is 0 Å². The van der Waals surface area contributed by atoms with E-state index >= 15 is 0 Å². The number of rotatable bonds is 5. The predicted molar refractivity (Wildman–Crippen MR) is 146 cm³/mol. The number of hydrogen-bond donors (Lipinski definition) is 0. The number of pyridine rings is 2. The van der Waals surface area contributed by atoms with E-state index in [2.05, 4.69) is 107 Å². The second kappa shape index (κ2) is 9.34. The van der Waals surface area contributed by atoms with Gasteiger partial charge in [-0.2, -0.15) is 0 Å². The highest BCUT2D eigenvalue weighted by atomic mass is 33.1. The maximum absolute atomic E-state index is 4.64. The molecule has 6 aromatic rings. The largest absolute Gasteiger partial charge is 0.256 e. The van der Waals surface area contributed by atoms with Crippen molar-refractivity contribution in [2.75, 3.05) is 0 Å². The molecule has 0 spiro atoms. The van der Waals surface area contributed by atoms with Gasteiger partial charge in [0.25, 0.3) is 0 Å². The molecule has 0 fully saturated rings. The summed E-state index contributed by atoms with van der Waals surface area (Å²) in [6.45, 7) is 0. The number of hydrogen-bond acceptors (Lipinski definition) is 4. The van der Waals surface area contributed by atoms with E-state index in [0.29, 0.717) is 0 Å². The van der Waals surface area contributed by atoms with Gasteiger partial charge in [-0.25, -0.2) is 0 Å². The molecule has 2 nitrogen and oxygen atoms in total. The second-order valence-electron chi connectivity index (χ2n) is 7.98. The summed E-state index contributed by atoms with van der Waals surface area (Å²) < 4.78 is 0. The van der Waals surface area contributed by atoms with Gasteiger partial charge in [-0.3, -0.25) is 9.97 Å². The minimum atomic E-state index is 1.01. The number of benzene rings is 4. The third-order valence-electron chi connectivity index (χ3n) is 5.84. The van der Waals surface area contributed by atoms with Gasteiger partial charge in [0.2, 0.25) is 0 Å². The van der Waals surface area contributed by atoms with Crippen molar-refractivity contribution >= 4 is 43.4 Å². The Morgan fingerprint density at radius 2 is 0.853 bits per heavy atom. The van der Waals surface area contributed by atoms with Gasteiger partial charge in [0.15, 0.2) is 0 Å². The maximum Gasteiger partial charge on any atom is 0.0719 e. The van der Waals surface area contributed by atoms with E-state index in [4.69, 9.17) is 0 Å². The van der Waals surface area contributed by atoms with Crippen LogP contribution in [0.25, 0.3) is 44.1 Å². The zero-order chi connectivity index (χ0) is 22.7. The van der Waals surface area contributed by atoms with E-state index in [1.54, 1.807) is 21.6 Å². The summed E-state index contributed by atoms with van der Waals surface area (Å²) in [6, 6.07) is 38.2. The van der Waals surface area contributed by atoms with Crippen molar-refractivity contribution in [1.82, 2.24) is 9.97 Å². The monoisotopic (exact) mass is 472 g/mol. The van der Waals surface area contributed by atoms with Crippen LogP contribution in [0.5, 0.6) is 0 Å². The molecule has 0 bridgehead atoms. The molecule has 0 radical (unpaired) electrons. The number of aromatic nitrogens is 2. The highest BCUT2D eigenvalue weighted by molar-refractivity contribution is 8.76. The van der Waals surface area contributed by atoms with Gasteiger partial charge in [-0.05, 0) is 46.5 Å². The van der Waals surface area contributed by atoms with Crippen LogP contribution in [0.3, 0.4) is 0 Å². The molecule has 4 heteroatoms. The molecule has 0 atom stereocenters. The average Bonchev–Trinajstić information content (AvgIpc) is 2.92. The fraction of sp³-hybridized carbons (Fsp3) is 0. The first kappa shape index (κ1) is 21.0. The van der Waals surface area contributed by atoms with E-state index in [1.165, 1.54) is 42.8 Å². The predicted octanol–water partition coefficient (Wildman–Crippen LogP) is 8.92. The smallest absolute Gasteiger partial charge is 0.0719 e. The molecule has 162 valence electrons. The molecule has 2 heterocycles. The van der Waals surface area contributed by atoms with E-state index in [0.717, 1.165) is 11.0 Å². The fourth-order valence-electron chi connectivity index (χ4n) is 4.10. The minimum absolute atomic E-state index is 1.01. The van der Waals surface area contributed by atoms with E-state index < -0.39 is 0 Å². The quantitative estimate of drug-likeness (QED) is 0.234. The van der Waals surface area contributed by atoms with Crippen LogP contribution < -0.4 is 0 Å². The van der Waals surface area contributed by atoms with Crippen LogP contribution >= 0.6 is 21.6 Å². The Kier molecular flexibility index (Phi) is 5.76. The minimum Gasteiger partial charge on any atom is -0.256 e. The van der Waals surface area contributed by atoms with E-state index in [1.807, 2.05) is 24.5 Å². The Balaban J connectivity index is 1.29. The summed E-state index contributed by atoms with van der Waals surface area (Å²) in [5, 5.41) is 2.34. The Labute approximate surface area is 206 Å². The molecule has 0 aliphatic carbocycles. The van der Waals surface area contributed by atoms with Gasteiger partial charge in [0.1, 0.15) is 0 Å². The van der Waals surface area contributed by atoms with Gasteiger partial charge in [-0.1, -0.05) is 107 Å². The first-order valence-electron chi connectivity index (χ1n) is 11.1. The molecule has 0 aliphatic rings. The van der Waals surface area contributed by atoms with Gasteiger partial charge >= 0.3 is 0 Å². The topological polar surface area (TPSA) is 25.8 Å². The lowest BCUT2D eigenvalue weighted by Gasteiger charge is -2.10. The molecule has 6 rings (SSSR count). The average molecular weight is 473 g/mol. The molecule has 0 saturated heterocycles. The summed E-state index contributed by atoms with van der Waals surface area (Å²) in [7, 11) is 3.54. The second-order valence-corrected chi connectivity index (χ2v) is 10.2. The van der Waals surface area contributed by atoms with Crippen LogP contribution in [0.15, 0.2) is 131 Å². The van der Waals surface area contributed by atoms with Crippen molar-refractivity contribution in [3.05, 3.63) is 122 Å². The normalized spacial score (nSPS) is 11.2. The summed E-state index contributed by atoms with van der Waals surface area (Å²) >= 11 is 0. The summed E-state index contributed by atoms with van der Waals surface area (Å²) in [5.41, 5.74) is 6.81. The molecule has 4 aromatic carbocycles. The third kappa shape index (κ3) is 4.18. The van der Waals surface area contributed by atoms with Crippen molar-refractivity contribution < 1.29 is 0 Å². The number of nitrogens with zero attached hydrogens (tertiary/aromatic N) is 2. The summed E-state index contributed by atoms with van der Waals surface area (Å²) in [5.74, 6) is 0. The zero-order valence-corrected chi connectivity index (χ0v) is 19.9. The lowest BCUT2D eigenvalue weighted by atomic mass is 10.0. The standard InChI is InChI=1S/C30H20N2S2/c1-3-7-21(8-4-1)23-11-13-25-27(19-23)31-17-15-29(25)33-34-30-16-18-32-28-20-24(12-14-26(28)30)22-9-5-2-6-10-22/h1-20H. The Morgan fingerprint density at radius 3 is 1.29 bits per heavy atom. The molecule has 0 saturated carbocycles. The van der Waals surface area contributed by atoms with Crippen LogP contribution in [0.1, 0.15) is 0 Å². The molecule has 2 aromatic heterocycles. The molecular formula is C30H20N2S2. The van der Waals surface area contributed by atoms with Crippen LogP contribution in [0.4, 0.5) is 0 Å². The Bertz CT molecular complexity index is 1480. The molecule has 0 amide bonds. The fourth-order valence-corrected chi connectivity index (χ4v) is 6.45. The molecule has 34 heavy (non-hydrogen) atoms. The molecule has 0 unspecified atom stereocenters. The maximum atomic E-state index is 4.64. The van der Waals surface area contributed by atoms with Crippen molar-refractivity contribution in [3.8, 4) is 22.3 Å². The zero-order valence-electron chi connectivity index (χ0n) is 18.3. The van der Waals surface area contributed by atoms with Gasteiger partial charge in [0.05, 0.1) is 11.0 Å². The van der Waals surface area contributed by atoms with Crippen LogP contribution in [0.2, 0.25) is 0 Å². The van der Waals surface area contributed by atoms with Crippen LogP contribution in [-0.2, 0) is 0 Å². The molecular weight excluding hydrogens is 452 g/mol. The highest BCUT2D eigenvalue weighted by Crippen LogP contribution is 2.43. The van der Waals surface area contributed by atoms with E-state index in [-0.39, 0.29) is 0 Å². The van der Waals surface area contributed by atoms with Crippen LogP contribution in [0, 0.1) is 0 Å². The Morgan fingerprint density at radius 1 is 0.412 bits per heavy atom. The van der Waals surface area contributed by atoms with Crippen molar-refractivity contribution in [3.63, 3.8) is 0 Å². The van der Waals surface area contributed by atoms with Crippen molar-refractivity contribution in [2.45, 2.75) is 9.79 Å². The first-order chi connectivity index (χ1) is 16.8. The Hall–Kier alpha value is -3.60.